The Morgan fingerprint density at radius 1 is 1.29 bits per heavy atom. The van der Waals surface area contributed by atoms with Gasteiger partial charge in [0.15, 0.2) is 0 Å². The van der Waals surface area contributed by atoms with Crippen LogP contribution in [-0.2, 0) is 10.0 Å². The summed E-state index contributed by atoms with van der Waals surface area (Å²) in [7, 11) is -3.86. The molecular weight excluding hydrogens is 294 g/mol. The minimum Gasteiger partial charge on any atom is -0.478 e. The molecule has 21 heavy (non-hydrogen) atoms. The number of carboxylic acids is 1. The highest BCUT2D eigenvalue weighted by atomic mass is 32.2. The van der Waals surface area contributed by atoms with E-state index in [1.165, 1.54) is 18.2 Å². The van der Waals surface area contributed by atoms with E-state index in [0.717, 1.165) is 12.8 Å². The minimum absolute atomic E-state index is 0.122. The summed E-state index contributed by atoms with van der Waals surface area (Å²) in [6.45, 7) is 7.32. The number of hydrogen-bond acceptors (Lipinski definition) is 4. The summed E-state index contributed by atoms with van der Waals surface area (Å²) < 4.78 is 32.4. The van der Waals surface area contributed by atoms with E-state index in [9.17, 15) is 18.3 Å². The number of rotatable bonds is 3. The molecule has 2 rings (SSSR count). The van der Waals surface area contributed by atoms with Crippen LogP contribution in [0.4, 0.5) is 0 Å². The molecule has 1 aliphatic heterocycles. The molecule has 0 radical (unpaired) electrons. The molecule has 2 atom stereocenters. The van der Waals surface area contributed by atoms with Crippen LogP contribution in [0.25, 0.3) is 0 Å². The van der Waals surface area contributed by atoms with Crippen LogP contribution >= 0.6 is 0 Å². The molecule has 0 amide bonds. The smallest absolute Gasteiger partial charge is 0.340 e. The summed E-state index contributed by atoms with van der Waals surface area (Å²) in [6, 6.07) is -0.144. The number of carboxylic acid groups (broad SMARTS) is 1. The summed E-state index contributed by atoms with van der Waals surface area (Å²) in [4.78, 5) is 11.2. The van der Waals surface area contributed by atoms with Gasteiger partial charge in [0.05, 0.1) is 0 Å². The SMILES string of the molecule is Cc1oc(C)c(S(=O)(=O)N2CCC(C)CC2C)c1C(=O)O. The van der Waals surface area contributed by atoms with E-state index < -0.39 is 16.0 Å². The van der Waals surface area contributed by atoms with Crippen molar-refractivity contribution < 1.29 is 22.7 Å². The standard InChI is InChI=1S/C14H21NO5S/c1-8-5-6-15(9(2)7-8)21(18,19)13-11(4)20-10(3)12(13)14(16)17/h8-9H,5-7H2,1-4H3,(H,16,17). The third kappa shape index (κ3) is 2.72. The highest BCUT2D eigenvalue weighted by Gasteiger charge is 2.39. The zero-order valence-electron chi connectivity index (χ0n) is 12.7. The minimum atomic E-state index is -3.86. The molecule has 7 heteroatoms. The number of aromatic carboxylic acids is 1. The first-order valence-corrected chi connectivity index (χ1v) is 8.45. The van der Waals surface area contributed by atoms with Crippen molar-refractivity contribution in [1.82, 2.24) is 4.31 Å². The van der Waals surface area contributed by atoms with Crippen LogP contribution in [0.2, 0.25) is 0 Å². The number of hydrogen-bond donors (Lipinski definition) is 1. The van der Waals surface area contributed by atoms with Crippen molar-refractivity contribution in [2.24, 2.45) is 5.92 Å². The van der Waals surface area contributed by atoms with Gasteiger partial charge in [-0.05, 0) is 39.5 Å². The van der Waals surface area contributed by atoms with Gasteiger partial charge < -0.3 is 9.52 Å². The van der Waals surface area contributed by atoms with Crippen molar-refractivity contribution in [2.45, 2.75) is 51.5 Å². The Morgan fingerprint density at radius 3 is 2.43 bits per heavy atom. The molecule has 0 aromatic carbocycles. The molecule has 1 saturated heterocycles. The second kappa shape index (κ2) is 5.46. The molecule has 1 aromatic heterocycles. The van der Waals surface area contributed by atoms with Crippen molar-refractivity contribution in [2.75, 3.05) is 6.54 Å². The number of carbonyl (C=O) groups is 1. The molecular formula is C14H21NO5S. The van der Waals surface area contributed by atoms with Gasteiger partial charge in [0.1, 0.15) is 22.0 Å². The lowest BCUT2D eigenvalue weighted by Crippen LogP contribution is -2.44. The van der Waals surface area contributed by atoms with Crippen LogP contribution in [-0.4, -0.2) is 36.4 Å². The van der Waals surface area contributed by atoms with Crippen LogP contribution in [0, 0.1) is 19.8 Å². The van der Waals surface area contributed by atoms with Crippen molar-refractivity contribution in [3.05, 3.63) is 17.1 Å². The van der Waals surface area contributed by atoms with Crippen molar-refractivity contribution >= 4 is 16.0 Å². The fourth-order valence-corrected chi connectivity index (χ4v) is 5.12. The molecule has 1 aromatic rings. The zero-order chi connectivity index (χ0) is 15.9. The first kappa shape index (κ1) is 16.0. The second-order valence-electron chi connectivity index (χ2n) is 5.82. The van der Waals surface area contributed by atoms with Gasteiger partial charge in [-0.2, -0.15) is 4.31 Å². The third-order valence-electron chi connectivity index (χ3n) is 4.06. The number of nitrogens with zero attached hydrogens (tertiary/aromatic N) is 1. The molecule has 0 saturated carbocycles. The maximum atomic E-state index is 12.9. The fraction of sp³-hybridized carbons (Fsp3) is 0.643. The van der Waals surface area contributed by atoms with Gasteiger partial charge in [0, 0.05) is 12.6 Å². The molecule has 6 nitrogen and oxygen atoms in total. The highest BCUT2D eigenvalue weighted by molar-refractivity contribution is 7.89. The van der Waals surface area contributed by atoms with Gasteiger partial charge in [-0.3, -0.25) is 0 Å². The first-order valence-electron chi connectivity index (χ1n) is 7.01. The van der Waals surface area contributed by atoms with E-state index in [1.807, 2.05) is 6.92 Å². The van der Waals surface area contributed by atoms with Crippen LogP contribution in [0.15, 0.2) is 9.31 Å². The Balaban J connectivity index is 2.53. The number of sulfonamides is 1. The Bertz CT molecular complexity index is 661. The van der Waals surface area contributed by atoms with Crippen molar-refractivity contribution in [3.63, 3.8) is 0 Å². The Labute approximate surface area is 124 Å². The predicted molar refractivity (Wildman–Crippen MR) is 76.9 cm³/mol. The fourth-order valence-electron chi connectivity index (χ4n) is 3.08. The average molecular weight is 315 g/mol. The van der Waals surface area contributed by atoms with Gasteiger partial charge in [-0.15, -0.1) is 0 Å². The molecule has 118 valence electrons. The van der Waals surface area contributed by atoms with Crippen LogP contribution in [0.5, 0.6) is 0 Å². The third-order valence-corrected chi connectivity index (χ3v) is 6.23. The number of furan rings is 1. The van der Waals surface area contributed by atoms with Gasteiger partial charge in [0.2, 0.25) is 10.0 Å². The van der Waals surface area contributed by atoms with Crippen molar-refractivity contribution in [1.29, 1.82) is 0 Å². The summed E-state index contributed by atoms with van der Waals surface area (Å²) in [6.07, 6.45) is 1.55. The topological polar surface area (TPSA) is 87.8 Å². The largest absolute Gasteiger partial charge is 0.478 e. The van der Waals surface area contributed by atoms with Gasteiger partial charge in [-0.25, -0.2) is 13.2 Å². The average Bonchev–Trinajstić information content (AvgIpc) is 2.64. The lowest BCUT2D eigenvalue weighted by atomic mass is 9.95. The van der Waals surface area contributed by atoms with Gasteiger partial charge >= 0.3 is 5.97 Å². The molecule has 1 N–H and O–H groups in total. The molecule has 2 unspecified atom stereocenters. The highest BCUT2D eigenvalue weighted by Crippen LogP contribution is 2.33. The molecule has 2 heterocycles. The van der Waals surface area contributed by atoms with E-state index in [-0.39, 0.29) is 28.0 Å². The number of aryl methyl sites for hydroxylation is 2. The summed E-state index contributed by atoms with van der Waals surface area (Å²) in [5.74, 6) is -0.550. The van der Waals surface area contributed by atoms with E-state index in [1.54, 1.807) is 0 Å². The number of piperidine rings is 1. The maximum Gasteiger partial charge on any atom is 0.340 e. The second-order valence-corrected chi connectivity index (χ2v) is 7.65. The Morgan fingerprint density at radius 2 is 1.90 bits per heavy atom. The normalized spacial score (nSPS) is 24.2. The zero-order valence-corrected chi connectivity index (χ0v) is 13.5. The molecule has 0 bridgehead atoms. The van der Waals surface area contributed by atoms with Gasteiger partial charge in [-0.1, -0.05) is 6.92 Å². The summed E-state index contributed by atoms with van der Waals surface area (Å²) in [5, 5.41) is 9.29. The predicted octanol–water partition coefficient (Wildman–Crippen LogP) is 2.40. The van der Waals surface area contributed by atoms with E-state index in [0.29, 0.717) is 12.5 Å². The molecule has 0 spiro atoms. The lowest BCUT2D eigenvalue weighted by molar-refractivity contribution is 0.0691. The quantitative estimate of drug-likeness (QED) is 0.925. The lowest BCUT2D eigenvalue weighted by Gasteiger charge is -2.35. The molecule has 0 aliphatic carbocycles. The van der Waals surface area contributed by atoms with Crippen LogP contribution in [0.1, 0.15) is 48.6 Å². The van der Waals surface area contributed by atoms with Crippen molar-refractivity contribution in [3.8, 4) is 0 Å². The maximum absolute atomic E-state index is 12.9. The Hall–Kier alpha value is -1.34. The first-order chi connectivity index (χ1) is 9.66. The molecule has 1 aliphatic rings. The monoisotopic (exact) mass is 315 g/mol. The molecule has 1 fully saturated rings. The van der Waals surface area contributed by atoms with Crippen LogP contribution in [0.3, 0.4) is 0 Å². The van der Waals surface area contributed by atoms with E-state index in [2.05, 4.69) is 6.92 Å². The summed E-state index contributed by atoms with van der Waals surface area (Å²) >= 11 is 0. The van der Waals surface area contributed by atoms with Gasteiger partial charge in [0.25, 0.3) is 0 Å². The van der Waals surface area contributed by atoms with E-state index >= 15 is 0 Å². The van der Waals surface area contributed by atoms with Crippen LogP contribution < -0.4 is 0 Å². The summed E-state index contributed by atoms with van der Waals surface area (Å²) in [5.41, 5.74) is -0.252. The van der Waals surface area contributed by atoms with E-state index in [4.69, 9.17) is 4.42 Å². The Kier molecular flexibility index (Phi) is 4.17.